The van der Waals surface area contributed by atoms with E-state index in [1.807, 2.05) is 0 Å². The first kappa shape index (κ1) is 10.7. The van der Waals surface area contributed by atoms with Gasteiger partial charge in [-0.2, -0.15) is 0 Å². The molecule has 0 aliphatic carbocycles. The largest absolute Gasteiger partial charge is 0.330 e. The second-order valence-electron chi connectivity index (χ2n) is 2.90. The van der Waals surface area contributed by atoms with E-state index >= 15 is 0 Å². The third-order valence-electron chi connectivity index (χ3n) is 1.75. The summed E-state index contributed by atoms with van der Waals surface area (Å²) in [5.41, 5.74) is 5.74. The minimum atomic E-state index is -0.362. The van der Waals surface area contributed by atoms with Crippen molar-refractivity contribution in [2.45, 2.75) is 19.3 Å². The molecule has 2 nitrogen and oxygen atoms in total. The molecule has 1 aromatic rings. The molecule has 0 atom stereocenters. The Bertz CT molecular complexity index is 339. The van der Waals surface area contributed by atoms with E-state index in [4.69, 9.17) is 5.73 Å². The van der Waals surface area contributed by atoms with Gasteiger partial charge in [0.05, 0.1) is 11.8 Å². The van der Waals surface area contributed by atoms with Crippen LogP contribution in [-0.4, -0.2) is 11.5 Å². The second kappa shape index (κ2) is 6.11. The monoisotopic (exact) mass is 192 g/mol. The highest BCUT2D eigenvalue weighted by Crippen LogP contribution is 2.02. The first-order valence-corrected chi connectivity index (χ1v) is 4.63. The summed E-state index contributed by atoms with van der Waals surface area (Å²) >= 11 is 0. The van der Waals surface area contributed by atoms with E-state index < -0.39 is 0 Å². The van der Waals surface area contributed by atoms with Crippen LogP contribution in [0.25, 0.3) is 0 Å². The van der Waals surface area contributed by atoms with Crippen molar-refractivity contribution in [3.05, 3.63) is 29.8 Å². The Morgan fingerprint density at radius 1 is 1.43 bits per heavy atom. The maximum Gasteiger partial charge on any atom is 0.157 e. The molecule has 0 fully saturated rings. The molecular weight excluding hydrogens is 179 g/mol. The molecule has 0 amide bonds. The maximum absolute atomic E-state index is 13.0. The third-order valence-corrected chi connectivity index (χ3v) is 1.75. The zero-order valence-corrected chi connectivity index (χ0v) is 7.96. The minimum absolute atomic E-state index is 0.362. The van der Waals surface area contributed by atoms with E-state index in [2.05, 4.69) is 16.8 Å². The molecule has 0 bridgehead atoms. The standard InChI is InChI=1S/C11H13FN2/c12-11-9-14-8-6-10(11)5-3-1-2-4-7-13/h6,8-9H,1-2,4,7,13H2. The van der Waals surface area contributed by atoms with Gasteiger partial charge >= 0.3 is 0 Å². The molecule has 2 N–H and O–H groups in total. The molecule has 0 aliphatic heterocycles. The average molecular weight is 192 g/mol. The zero-order chi connectivity index (χ0) is 10.2. The Morgan fingerprint density at radius 3 is 3.00 bits per heavy atom. The van der Waals surface area contributed by atoms with Gasteiger partial charge in [-0.05, 0) is 25.5 Å². The lowest BCUT2D eigenvalue weighted by Crippen LogP contribution is -1.97. The first-order chi connectivity index (χ1) is 6.84. The molecule has 0 aromatic carbocycles. The molecule has 0 spiro atoms. The van der Waals surface area contributed by atoms with Crippen LogP contribution < -0.4 is 5.73 Å². The van der Waals surface area contributed by atoms with Crippen molar-refractivity contribution in [2.24, 2.45) is 5.73 Å². The van der Waals surface area contributed by atoms with Gasteiger partial charge in [0.25, 0.3) is 0 Å². The van der Waals surface area contributed by atoms with Crippen LogP contribution in [0.3, 0.4) is 0 Å². The van der Waals surface area contributed by atoms with Crippen LogP contribution in [0.4, 0.5) is 4.39 Å². The number of rotatable bonds is 3. The SMILES string of the molecule is NCCCCC#Cc1ccncc1F. The van der Waals surface area contributed by atoms with E-state index in [0.29, 0.717) is 12.1 Å². The number of nitrogens with zero attached hydrogens (tertiary/aromatic N) is 1. The predicted octanol–water partition coefficient (Wildman–Crippen LogP) is 1.70. The van der Waals surface area contributed by atoms with Crippen molar-refractivity contribution in [3.63, 3.8) is 0 Å². The Morgan fingerprint density at radius 2 is 2.29 bits per heavy atom. The molecule has 1 aromatic heterocycles. The highest BCUT2D eigenvalue weighted by atomic mass is 19.1. The van der Waals surface area contributed by atoms with E-state index in [-0.39, 0.29) is 5.82 Å². The van der Waals surface area contributed by atoms with Crippen LogP contribution in [0.2, 0.25) is 0 Å². The van der Waals surface area contributed by atoms with E-state index in [1.54, 1.807) is 6.07 Å². The maximum atomic E-state index is 13.0. The Kier molecular flexibility index (Phi) is 4.66. The summed E-state index contributed by atoms with van der Waals surface area (Å²) in [4.78, 5) is 3.64. The molecule has 14 heavy (non-hydrogen) atoms. The molecule has 0 radical (unpaired) electrons. The molecule has 1 rings (SSSR count). The number of unbranched alkanes of at least 4 members (excludes halogenated alkanes) is 2. The van der Waals surface area contributed by atoms with Crippen LogP contribution in [0, 0.1) is 17.7 Å². The smallest absolute Gasteiger partial charge is 0.157 e. The van der Waals surface area contributed by atoms with Crippen molar-refractivity contribution < 1.29 is 4.39 Å². The average Bonchev–Trinajstić information content (AvgIpc) is 2.20. The fourth-order valence-electron chi connectivity index (χ4n) is 0.992. The highest BCUT2D eigenvalue weighted by Gasteiger charge is 1.94. The predicted molar refractivity (Wildman–Crippen MR) is 54.0 cm³/mol. The third kappa shape index (κ3) is 3.55. The van der Waals surface area contributed by atoms with Gasteiger partial charge in [-0.3, -0.25) is 4.98 Å². The van der Waals surface area contributed by atoms with E-state index in [1.165, 1.54) is 12.4 Å². The Hall–Kier alpha value is -1.40. The van der Waals surface area contributed by atoms with Crippen LogP contribution in [-0.2, 0) is 0 Å². The second-order valence-corrected chi connectivity index (χ2v) is 2.90. The minimum Gasteiger partial charge on any atom is -0.330 e. The van der Waals surface area contributed by atoms with Gasteiger partial charge in [-0.25, -0.2) is 4.39 Å². The van der Waals surface area contributed by atoms with Gasteiger partial charge in [0.1, 0.15) is 0 Å². The quantitative estimate of drug-likeness (QED) is 0.584. The van der Waals surface area contributed by atoms with Crippen molar-refractivity contribution in [1.29, 1.82) is 0 Å². The van der Waals surface area contributed by atoms with Crippen LogP contribution >= 0.6 is 0 Å². The molecule has 0 saturated carbocycles. The fourth-order valence-corrected chi connectivity index (χ4v) is 0.992. The normalized spacial score (nSPS) is 9.29. The van der Waals surface area contributed by atoms with Crippen LogP contribution in [0.1, 0.15) is 24.8 Å². The van der Waals surface area contributed by atoms with E-state index in [9.17, 15) is 4.39 Å². The van der Waals surface area contributed by atoms with Gasteiger partial charge in [0, 0.05) is 12.6 Å². The first-order valence-electron chi connectivity index (χ1n) is 4.63. The lowest BCUT2D eigenvalue weighted by Gasteiger charge is -1.91. The molecule has 0 aliphatic rings. The number of hydrogen-bond donors (Lipinski definition) is 1. The van der Waals surface area contributed by atoms with Gasteiger partial charge in [-0.15, -0.1) is 0 Å². The Labute approximate surface area is 83.3 Å². The summed E-state index contributed by atoms with van der Waals surface area (Å²) in [7, 11) is 0. The number of hydrogen-bond acceptors (Lipinski definition) is 2. The lowest BCUT2D eigenvalue weighted by atomic mass is 10.2. The number of aromatic nitrogens is 1. The van der Waals surface area contributed by atoms with Crippen molar-refractivity contribution in [1.82, 2.24) is 4.98 Å². The molecule has 3 heteroatoms. The van der Waals surface area contributed by atoms with Crippen LogP contribution in [0.5, 0.6) is 0 Å². The summed E-state index contributed by atoms with van der Waals surface area (Å²) < 4.78 is 13.0. The summed E-state index contributed by atoms with van der Waals surface area (Å²) in [6.45, 7) is 0.686. The summed E-state index contributed by atoms with van der Waals surface area (Å²) in [6, 6.07) is 1.57. The molecule has 1 heterocycles. The molecular formula is C11H13FN2. The summed E-state index contributed by atoms with van der Waals surface area (Å²) in [6.07, 6.45) is 5.40. The van der Waals surface area contributed by atoms with Gasteiger partial charge in [0.2, 0.25) is 0 Å². The number of nitrogens with two attached hydrogens (primary N) is 1. The fraction of sp³-hybridized carbons (Fsp3) is 0.364. The highest BCUT2D eigenvalue weighted by molar-refractivity contribution is 5.33. The zero-order valence-electron chi connectivity index (χ0n) is 7.96. The molecule has 0 unspecified atom stereocenters. The van der Waals surface area contributed by atoms with Gasteiger partial charge in [0.15, 0.2) is 5.82 Å². The Balaban J connectivity index is 2.47. The number of pyridine rings is 1. The van der Waals surface area contributed by atoms with Crippen molar-refractivity contribution >= 4 is 0 Å². The van der Waals surface area contributed by atoms with Gasteiger partial charge in [-0.1, -0.05) is 11.8 Å². The van der Waals surface area contributed by atoms with Gasteiger partial charge < -0.3 is 5.73 Å². The lowest BCUT2D eigenvalue weighted by molar-refractivity contribution is 0.618. The molecule has 0 saturated heterocycles. The van der Waals surface area contributed by atoms with Crippen molar-refractivity contribution in [3.8, 4) is 11.8 Å². The summed E-state index contributed by atoms with van der Waals surface area (Å²) in [5.74, 6) is 5.31. The van der Waals surface area contributed by atoms with Crippen molar-refractivity contribution in [2.75, 3.05) is 6.54 Å². The van der Waals surface area contributed by atoms with Crippen LogP contribution in [0.15, 0.2) is 18.5 Å². The topological polar surface area (TPSA) is 38.9 Å². The summed E-state index contributed by atoms with van der Waals surface area (Å²) in [5, 5.41) is 0. The van der Waals surface area contributed by atoms with E-state index in [0.717, 1.165) is 19.3 Å². The molecule has 74 valence electrons. The number of halogens is 1.